The minimum Gasteiger partial charge on any atom is -0.306 e. The number of rotatable bonds is 1. The molecule has 1 saturated heterocycles. The summed E-state index contributed by atoms with van der Waals surface area (Å²) in [5, 5.41) is 0. The molecule has 0 aromatic carbocycles. The molecule has 1 aliphatic heterocycles. The molecule has 2 rings (SSSR count). The van der Waals surface area contributed by atoms with Crippen LogP contribution in [-0.4, -0.2) is 25.0 Å². The van der Waals surface area contributed by atoms with Crippen LogP contribution >= 0.6 is 0 Å². The maximum Gasteiger partial charge on any atom is 0.00126 e. The van der Waals surface area contributed by atoms with Gasteiger partial charge in [0.25, 0.3) is 0 Å². The van der Waals surface area contributed by atoms with E-state index in [1.807, 2.05) is 0 Å². The van der Waals surface area contributed by atoms with Gasteiger partial charge in [-0.1, -0.05) is 13.8 Å². The first kappa shape index (κ1) is 8.55. The number of likely N-dealkylation sites (tertiary alicyclic amines) is 1. The summed E-state index contributed by atoms with van der Waals surface area (Å²) in [6.45, 7) is 7.53. The van der Waals surface area contributed by atoms with E-state index in [-0.39, 0.29) is 0 Å². The fraction of sp³-hybridized carbons (Fsp3) is 1.00. The molecular weight excluding hydrogens is 146 g/mol. The van der Waals surface area contributed by atoms with Gasteiger partial charge < -0.3 is 4.90 Å². The molecule has 0 amide bonds. The topological polar surface area (TPSA) is 3.24 Å². The van der Waals surface area contributed by atoms with Gasteiger partial charge in [0.2, 0.25) is 0 Å². The maximum atomic E-state index is 2.52. The zero-order valence-electron chi connectivity index (χ0n) is 8.59. The van der Waals surface area contributed by atoms with Crippen molar-refractivity contribution < 1.29 is 0 Å². The van der Waals surface area contributed by atoms with Crippen molar-refractivity contribution in [1.29, 1.82) is 0 Å². The van der Waals surface area contributed by atoms with Gasteiger partial charge in [0.1, 0.15) is 0 Å². The molecule has 1 aliphatic carbocycles. The van der Waals surface area contributed by atoms with Gasteiger partial charge in [0, 0.05) is 13.1 Å². The highest BCUT2D eigenvalue weighted by atomic mass is 15.1. The van der Waals surface area contributed by atoms with Crippen molar-refractivity contribution in [2.75, 3.05) is 20.1 Å². The molecule has 3 atom stereocenters. The van der Waals surface area contributed by atoms with Crippen LogP contribution in [0.4, 0.5) is 0 Å². The quantitative estimate of drug-likeness (QED) is 0.579. The average Bonchev–Trinajstić information content (AvgIpc) is 2.43. The van der Waals surface area contributed by atoms with Gasteiger partial charge >= 0.3 is 0 Å². The third kappa shape index (κ3) is 1.28. The van der Waals surface area contributed by atoms with Gasteiger partial charge in [0.05, 0.1) is 0 Å². The van der Waals surface area contributed by atoms with E-state index in [4.69, 9.17) is 0 Å². The summed E-state index contributed by atoms with van der Waals surface area (Å²) < 4.78 is 0. The Labute approximate surface area is 76.1 Å². The van der Waals surface area contributed by atoms with Crippen molar-refractivity contribution in [2.45, 2.75) is 26.7 Å². The molecule has 1 nitrogen and oxygen atoms in total. The minimum atomic E-state index is 0.909. The minimum absolute atomic E-state index is 0.909. The molecule has 1 heterocycles. The molecule has 0 radical (unpaired) electrons. The number of nitrogens with zero attached hydrogens (tertiary/aromatic N) is 1. The Kier molecular flexibility index (Phi) is 2.16. The van der Waals surface area contributed by atoms with Crippen LogP contribution in [0, 0.1) is 23.7 Å². The van der Waals surface area contributed by atoms with Gasteiger partial charge in [-0.2, -0.15) is 0 Å². The van der Waals surface area contributed by atoms with Gasteiger partial charge in [-0.15, -0.1) is 0 Å². The lowest BCUT2D eigenvalue weighted by molar-refractivity contribution is 0.270. The lowest BCUT2D eigenvalue weighted by Crippen LogP contribution is -2.21. The van der Waals surface area contributed by atoms with Crippen molar-refractivity contribution in [3.05, 3.63) is 0 Å². The molecule has 0 aromatic heterocycles. The van der Waals surface area contributed by atoms with E-state index in [1.165, 1.54) is 25.9 Å². The van der Waals surface area contributed by atoms with Crippen molar-refractivity contribution in [1.82, 2.24) is 4.90 Å². The molecule has 0 bridgehead atoms. The highest BCUT2D eigenvalue weighted by Gasteiger charge is 2.42. The molecule has 2 fully saturated rings. The Morgan fingerprint density at radius 3 is 2.58 bits per heavy atom. The fourth-order valence-corrected chi connectivity index (χ4v) is 3.36. The Bertz CT molecular complexity index is 164. The van der Waals surface area contributed by atoms with E-state index in [1.54, 1.807) is 0 Å². The second-order valence-corrected chi connectivity index (χ2v) is 5.13. The van der Waals surface area contributed by atoms with E-state index in [0.29, 0.717) is 0 Å². The zero-order chi connectivity index (χ0) is 8.72. The fourth-order valence-electron chi connectivity index (χ4n) is 3.36. The van der Waals surface area contributed by atoms with Crippen molar-refractivity contribution >= 4 is 0 Å². The first-order valence-corrected chi connectivity index (χ1v) is 5.37. The number of hydrogen-bond donors (Lipinski definition) is 0. The lowest BCUT2D eigenvalue weighted by Gasteiger charge is -2.22. The molecule has 1 heteroatoms. The summed E-state index contributed by atoms with van der Waals surface area (Å²) in [6.07, 6.45) is 3.00. The third-order valence-electron chi connectivity index (χ3n) is 3.95. The normalized spacial score (nSPS) is 42.5. The van der Waals surface area contributed by atoms with Gasteiger partial charge in [0.15, 0.2) is 0 Å². The highest BCUT2D eigenvalue weighted by Crippen LogP contribution is 2.44. The van der Waals surface area contributed by atoms with Crippen LogP contribution in [0.2, 0.25) is 0 Å². The largest absolute Gasteiger partial charge is 0.306 e. The summed E-state index contributed by atoms with van der Waals surface area (Å²) in [5.74, 6) is 4.02. The number of hydrogen-bond acceptors (Lipinski definition) is 1. The molecule has 1 saturated carbocycles. The summed E-state index contributed by atoms with van der Waals surface area (Å²) in [7, 11) is 2.27. The second kappa shape index (κ2) is 3.02. The Hall–Kier alpha value is -0.0400. The summed E-state index contributed by atoms with van der Waals surface area (Å²) in [4.78, 5) is 2.52. The van der Waals surface area contributed by atoms with Gasteiger partial charge in [-0.25, -0.2) is 0 Å². The van der Waals surface area contributed by atoms with E-state index in [2.05, 4.69) is 25.8 Å². The van der Waals surface area contributed by atoms with Crippen LogP contribution in [0.5, 0.6) is 0 Å². The molecule has 12 heavy (non-hydrogen) atoms. The van der Waals surface area contributed by atoms with E-state index >= 15 is 0 Å². The second-order valence-electron chi connectivity index (χ2n) is 5.13. The SMILES string of the molecule is CC(C)C1CCC2CN(C)CC21. The van der Waals surface area contributed by atoms with Crippen molar-refractivity contribution in [3.63, 3.8) is 0 Å². The van der Waals surface area contributed by atoms with Crippen LogP contribution in [0.3, 0.4) is 0 Å². The highest BCUT2D eigenvalue weighted by molar-refractivity contribution is 4.93. The van der Waals surface area contributed by atoms with E-state index in [0.717, 1.165) is 23.7 Å². The summed E-state index contributed by atoms with van der Waals surface area (Å²) >= 11 is 0. The average molecular weight is 167 g/mol. The molecule has 0 N–H and O–H groups in total. The molecular formula is C11H21N. The van der Waals surface area contributed by atoms with E-state index < -0.39 is 0 Å². The molecule has 3 unspecified atom stereocenters. The Balaban J connectivity index is 2.03. The summed E-state index contributed by atoms with van der Waals surface area (Å²) in [5.41, 5.74) is 0. The predicted octanol–water partition coefficient (Wildman–Crippen LogP) is 2.23. The first-order valence-electron chi connectivity index (χ1n) is 5.37. The van der Waals surface area contributed by atoms with Crippen LogP contribution < -0.4 is 0 Å². The van der Waals surface area contributed by atoms with Crippen molar-refractivity contribution in [3.8, 4) is 0 Å². The van der Waals surface area contributed by atoms with Crippen LogP contribution in [0.1, 0.15) is 26.7 Å². The van der Waals surface area contributed by atoms with Gasteiger partial charge in [-0.3, -0.25) is 0 Å². The first-order chi connectivity index (χ1) is 5.68. The molecule has 0 spiro atoms. The zero-order valence-corrected chi connectivity index (χ0v) is 8.59. The van der Waals surface area contributed by atoms with Crippen LogP contribution in [0.25, 0.3) is 0 Å². The lowest BCUT2D eigenvalue weighted by atomic mass is 9.84. The monoisotopic (exact) mass is 167 g/mol. The van der Waals surface area contributed by atoms with Crippen LogP contribution in [0.15, 0.2) is 0 Å². The Morgan fingerprint density at radius 1 is 1.17 bits per heavy atom. The Morgan fingerprint density at radius 2 is 1.92 bits per heavy atom. The standard InChI is InChI=1S/C11H21N/c1-8(2)10-5-4-9-6-12(3)7-11(9)10/h8-11H,4-7H2,1-3H3. The smallest absolute Gasteiger partial charge is 0.00126 e. The third-order valence-corrected chi connectivity index (χ3v) is 3.95. The predicted molar refractivity (Wildman–Crippen MR) is 52.0 cm³/mol. The molecule has 2 aliphatic rings. The van der Waals surface area contributed by atoms with Gasteiger partial charge in [-0.05, 0) is 43.6 Å². The van der Waals surface area contributed by atoms with E-state index in [9.17, 15) is 0 Å². The van der Waals surface area contributed by atoms with Crippen molar-refractivity contribution in [2.24, 2.45) is 23.7 Å². The molecule has 0 aromatic rings. The summed E-state index contributed by atoms with van der Waals surface area (Å²) in [6, 6.07) is 0. The van der Waals surface area contributed by atoms with Crippen LogP contribution in [-0.2, 0) is 0 Å². The molecule has 70 valence electrons. The number of fused-ring (bicyclic) bond motifs is 1. The maximum absolute atomic E-state index is 2.52.